The van der Waals surface area contributed by atoms with Crippen LogP contribution in [-0.2, 0) is 4.74 Å². The fourth-order valence-corrected chi connectivity index (χ4v) is 4.50. The summed E-state index contributed by atoms with van der Waals surface area (Å²) in [6, 6.07) is 0.642. The van der Waals surface area contributed by atoms with Gasteiger partial charge in [-0.1, -0.05) is 0 Å². The number of hydrogen-bond acceptors (Lipinski definition) is 7. The monoisotopic (exact) mass is 455 g/mol. The second-order valence-electron chi connectivity index (χ2n) is 8.01. The third-order valence-corrected chi connectivity index (χ3v) is 5.93. The van der Waals surface area contributed by atoms with E-state index in [1.54, 1.807) is 4.90 Å². The van der Waals surface area contributed by atoms with Crippen molar-refractivity contribution in [2.45, 2.75) is 37.6 Å². The van der Waals surface area contributed by atoms with Gasteiger partial charge in [0.05, 0.1) is 35.9 Å². The molecule has 9 nitrogen and oxygen atoms in total. The van der Waals surface area contributed by atoms with Gasteiger partial charge < -0.3 is 34.1 Å². The molecule has 1 aromatic carbocycles. The molecule has 0 spiro atoms. The standard InChI is InChI=1S/C20H20F3N3O6/c21-11-5-10-15(26(9-1-2-9)8-14(17(10)27)31-20(28)29)18(32-19(22)23)16(11)25-6-12-13(7-25)30-4-3-24-12/h5,8-9,12-13,19,24H,1-4,6-7H2,(H,28,29)/t12-,13-/m0/s1. The van der Waals surface area contributed by atoms with Crippen LogP contribution in [-0.4, -0.2) is 60.8 Å². The minimum absolute atomic E-state index is 0.0179. The second kappa shape index (κ2) is 7.85. The molecule has 1 aliphatic carbocycles. The second-order valence-corrected chi connectivity index (χ2v) is 8.01. The molecule has 2 aromatic rings. The maximum atomic E-state index is 15.3. The van der Waals surface area contributed by atoms with Crippen molar-refractivity contribution >= 4 is 22.7 Å². The average Bonchev–Trinajstić information content (AvgIpc) is 3.48. The Morgan fingerprint density at radius 2 is 2.09 bits per heavy atom. The van der Waals surface area contributed by atoms with Crippen LogP contribution in [0.5, 0.6) is 11.5 Å². The topological polar surface area (TPSA) is 102 Å². The average molecular weight is 455 g/mol. The quantitative estimate of drug-likeness (QED) is 0.663. The Morgan fingerprint density at radius 1 is 1.31 bits per heavy atom. The van der Waals surface area contributed by atoms with E-state index in [0.29, 0.717) is 32.5 Å². The first-order valence-electron chi connectivity index (χ1n) is 10.2. The van der Waals surface area contributed by atoms with E-state index in [4.69, 9.17) is 14.6 Å². The Kier molecular flexibility index (Phi) is 5.13. The molecule has 32 heavy (non-hydrogen) atoms. The molecule has 0 radical (unpaired) electrons. The minimum atomic E-state index is -3.27. The van der Waals surface area contributed by atoms with E-state index in [9.17, 15) is 18.4 Å². The van der Waals surface area contributed by atoms with E-state index in [1.165, 1.54) is 4.57 Å². The highest BCUT2D eigenvalue weighted by atomic mass is 19.3. The number of hydrogen-bond donors (Lipinski definition) is 2. The lowest BCUT2D eigenvalue weighted by Crippen LogP contribution is -2.47. The van der Waals surface area contributed by atoms with Crippen molar-refractivity contribution < 1.29 is 37.3 Å². The molecule has 0 amide bonds. The normalized spacial score (nSPS) is 22.9. The lowest BCUT2D eigenvalue weighted by atomic mass is 10.1. The van der Waals surface area contributed by atoms with Gasteiger partial charge >= 0.3 is 12.8 Å². The zero-order chi connectivity index (χ0) is 22.6. The number of carbonyl (C=O) groups is 1. The molecule has 172 valence electrons. The van der Waals surface area contributed by atoms with Crippen LogP contribution in [0, 0.1) is 5.82 Å². The minimum Gasteiger partial charge on any atom is -0.449 e. The molecule has 2 atom stereocenters. The summed E-state index contributed by atoms with van der Waals surface area (Å²) in [5.41, 5.74) is -1.13. The van der Waals surface area contributed by atoms with Gasteiger partial charge in [-0.25, -0.2) is 9.18 Å². The molecule has 12 heteroatoms. The van der Waals surface area contributed by atoms with E-state index >= 15 is 4.39 Å². The van der Waals surface area contributed by atoms with Crippen LogP contribution in [0.25, 0.3) is 10.9 Å². The van der Waals surface area contributed by atoms with Crippen LogP contribution in [0.4, 0.5) is 23.7 Å². The first-order valence-corrected chi connectivity index (χ1v) is 10.2. The zero-order valence-corrected chi connectivity index (χ0v) is 16.7. The van der Waals surface area contributed by atoms with Gasteiger partial charge in [-0.05, 0) is 18.9 Å². The van der Waals surface area contributed by atoms with Gasteiger partial charge in [0.2, 0.25) is 5.43 Å². The van der Waals surface area contributed by atoms with Gasteiger partial charge in [0.15, 0.2) is 17.3 Å². The van der Waals surface area contributed by atoms with Gasteiger partial charge in [-0.3, -0.25) is 4.79 Å². The number of aromatic nitrogens is 1. The number of ether oxygens (including phenoxy) is 3. The number of halogens is 3. The smallest absolute Gasteiger partial charge is 0.449 e. The molecular weight excluding hydrogens is 435 g/mol. The van der Waals surface area contributed by atoms with Crippen molar-refractivity contribution in [3.63, 3.8) is 0 Å². The molecule has 2 N–H and O–H groups in total. The SMILES string of the molecule is O=C(O)Oc1cn(C2CC2)c2c(OC(F)F)c(N3C[C@@H]4NCCO[C@H]4C3)c(F)cc2c1=O. The summed E-state index contributed by atoms with van der Waals surface area (Å²) >= 11 is 0. The number of nitrogens with zero attached hydrogens (tertiary/aromatic N) is 2. The molecule has 0 bridgehead atoms. The van der Waals surface area contributed by atoms with Crippen LogP contribution >= 0.6 is 0 Å². The molecule has 2 aliphatic heterocycles. The van der Waals surface area contributed by atoms with E-state index in [1.807, 2.05) is 0 Å². The predicted octanol–water partition coefficient (Wildman–Crippen LogP) is 2.31. The highest BCUT2D eigenvalue weighted by molar-refractivity contribution is 5.92. The van der Waals surface area contributed by atoms with Gasteiger partial charge in [0.1, 0.15) is 5.69 Å². The van der Waals surface area contributed by atoms with Crippen molar-refractivity contribution in [2.75, 3.05) is 31.1 Å². The molecule has 1 saturated carbocycles. The number of alkyl halides is 2. The Balaban J connectivity index is 1.72. The Morgan fingerprint density at radius 3 is 2.75 bits per heavy atom. The summed E-state index contributed by atoms with van der Waals surface area (Å²) in [6.45, 7) is -1.59. The molecule has 3 aliphatic rings. The van der Waals surface area contributed by atoms with Crippen LogP contribution < -0.4 is 25.1 Å². The first-order chi connectivity index (χ1) is 15.3. The number of carboxylic acid groups (broad SMARTS) is 1. The molecule has 2 saturated heterocycles. The van der Waals surface area contributed by atoms with Crippen LogP contribution in [0.15, 0.2) is 17.1 Å². The molecular formula is C20H20F3N3O6. The lowest BCUT2D eigenvalue weighted by Gasteiger charge is -2.25. The predicted molar refractivity (Wildman–Crippen MR) is 105 cm³/mol. The van der Waals surface area contributed by atoms with Gasteiger partial charge in [0, 0.05) is 25.7 Å². The van der Waals surface area contributed by atoms with E-state index in [0.717, 1.165) is 12.3 Å². The summed E-state index contributed by atoms with van der Waals surface area (Å²) in [4.78, 5) is 25.4. The van der Waals surface area contributed by atoms with E-state index in [-0.39, 0.29) is 41.3 Å². The van der Waals surface area contributed by atoms with Crippen molar-refractivity contribution in [1.29, 1.82) is 0 Å². The molecule has 1 aromatic heterocycles. The summed E-state index contributed by atoms with van der Waals surface area (Å²) in [6.07, 6.45) is 0.561. The summed E-state index contributed by atoms with van der Waals surface area (Å²) in [7, 11) is 0. The lowest BCUT2D eigenvalue weighted by molar-refractivity contribution is -0.0488. The van der Waals surface area contributed by atoms with E-state index in [2.05, 4.69) is 10.1 Å². The fourth-order valence-electron chi connectivity index (χ4n) is 4.50. The fraction of sp³-hybridized carbons (Fsp3) is 0.500. The number of fused-ring (bicyclic) bond motifs is 2. The van der Waals surface area contributed by atoms with E-state index < -0.39 is 35.5 Å². The van der Waals surface area contributed by atoms with Crippen molar-refractivity contribution in [1.82, 2.24) is 9.88 Å². The van der Waals surface area contributed by atoms with Gasteiger partial charge in [-0.2, -0.15) is 8.78 Å². The highest BCUT2D eigenvalue weighted by Gasteiger charge is 2.39. The molecule has 3 fully saturated rings. The number of pyridine rings is 1. The number of benzene rings is 1. The molecule has 3 heterocycles. The van der Waals surface area contributed by atoms with Crippen molar-refractivity contribution in [2.24, 2.45) is 0 Å². The maximum absolute atomic E-state index is 15.3. The van der Waals surface area contributed by atoms with Crippen LogP contribution in [0.1, 0.15) is 18.9 Å². The molecule has 0 unspecified atom stereocenters. The third kappa shape index (κ3) is 3.62. The summed E-state index contributed by atoms with van der Waals surface area (Å²) in [5.74, 6) is -1.92. The largest absolute Gasteiger partial charge is 0.511 e. The van der Waals surface area contributed by atoms with Crippen LogP contribution in [0.2, 0.25) is 0 Å². The highest BCUT2D eigenvalue weighted by Crippen LogP contribution is 2.45. The number of nitrogens with one attached hydrogen (secondary N) is 1. The Bertz CT molecular complexity index is 1120. The summed E-state index contributed by atoms with van der Waals surface area (Å²) < 4.78 is 58.8. The van der Waals surface area contributed by atoms with Crippen molar-refractivity contribution in [3.05, 3.63) is 28.3 Å². The third-order valence-electron chi connectivity index (χ3n) is 5.93. The van der Waals surface area contributed by atoms with Crippen LogP contribution in [0.3, 0.4) is 0 Å². The van der Waals surface area contributed by atoms with Crippen molar-refractivity contribution in [3.8, 4) is 11.5 Å². The zero-order valence-electron chi connectivity index (χ0n) is 16.7. The number of morpholine rings is 1. The first kappa shape index (κ1) is 20.9. The van der Waals surface area contributed by atoms with Gasteiger partial charge in [-0.15, -0.1) is 0 Å². The number of rotatable bonds is 5. The molecule has 5 rings (SSSR count). The summed E-state index contributed by atoms with van der Waals surface area (Å²) in [5, 5.41) is 11.9. The van der Waals surface area contributed by atoms with Gasteiger partial charge in [0.25, 0.3) is 0 Å². The Labute approximate surface area is 179 Å². The number of anilines is 1. The Hall–Kier alpha value is -2.99. The maximum Gasteiger partial charge on any atom is 0.511 e.